The number of nitrogens with zero attached hydrogens (tertiary/aromatic N) is 3. The first-order valence-corrected chi connectivity index (χ1v) is 7.70. The number of anilines is 2. The van der Waals surface area contributed by atoms with Gasteiger partial charge in [0.1, 0.15) is 16.2 Å². The lowest BCUT2D eigenvalue weighted by Gasteiger charge is -2.09. The van der Waals surface area contributed by atoms with Crippen molar-refractivity contribution in [2.45, 2.75) is 19.8 Å². The van der Waals surface area contributed by atoms with E-state index in [0.717, 1.165) is 45.7 Å². The van der Waals surface area contributed by atoms with Gasteiger partial charge in [0.15, 0.2) is 0 Å². The van der Waals surface area contributed by atoms with Crippen LogP contribution in [0.15, 0.2) is 47.2 Å². The monoisotopic (exact) mass is 342 g/mol. The second-order valence-electron chi connectivity index (χ2n) is 4.75. The Balaban J connectivity index is 1.98. The molecule has 21 heavy (non-hydrogen) atoms. The van der Waals surface area contributed by atoms with E-state index in [1.54, 1.807) is 6.20 Å². The number of aryl methyl sites for hydroxylation is 1. The second-order valence-corrected chi connectivity index (χ2v) is 5.56. The molecule has 0 amide bonds. The van der Waals surface area contributed by atoms with Crippen LogP contribution < -0.4 is 5.32 Å². The number of benzene rings is 1. The van der Waals surface area contributed by atoms with Gasteiger partial charge in [-0.1, -0.05) is 25.1 Å². The molecule has 5 heteroatoms. The molecule has 106 valence electrons. The van der Waals surface area contributed by atoms with E-state index < -0.39 is 0 Å². The van der Waals surface area contributed by atoms with Crippen LogP contribution in [0.5, 0.6) is 0 Å². The summed E-state index contributed by atoms with van der Waals surface area (Å²) in [5, 5.41) is 4.44. The van der Waals surface area contributed by atoms with Crippen LogP contribution in [-0.4, -0.2) is 15.0 Å². The first-order chi connectivity index (χ1) is 10.3. The molecule has 2 aromatic heterocycles. The van der Waals surface area contributed by atoms with E-state index in [4.69, 9.17) is 0 Å². The molecule has 4 nitrogen and oxygen atoms in total. The molecule has 1 aromatic carbocycles. The van der Waals surface area contributed by atoms with Crippen LogP contribution in [0.4, 0.5) is 11.5 Å². The number of hydrogen-bond acceptors (Lipinski definition) is 4. The van der Waals surface area contributed by atoms with Crippen molar-refractivity contribution >= 4 is 38.3 Å². The quantitative estimate of drug-likeness (QED) is 0.710. The second kappa shape index (κ2) is 6.18. The van der Waals surface area contributed by atoms with Crippen LogP contribution in [0.3, 0.4) is 0 Å². The van der Waals surface area contributed by atoms with Gasteiger partial charge in [-0.3, -0.25) is 4.98 Å². The minimum absolute atomic E-state index is 0.776. The molecule has 1 N–H and O–H groups in total. The number of rotatable bonds is 4. The zero-order valence-electron chi connectivity index (χ0n) is 11.7. The highest BCUT2D eigenvalue weighted by Crippen LogP contribution is 2.24. The summed E-state index contributed by atoms with van der Waals surface area (Å²) in [6, 6.07) is 11.9. The summed E-state index contributed by atoms with van der Waals surface area (Å²) < 4.78 is 0.789. The van der Waals surface area contributed by atoms with Crippen LogP contribution in [0.2, 0.25) is 0 Å². The smallest absolute Gasteiger partial charge is 0.135 e. The average molecular weight is 343 g/mol. The van der Waals surface area contributed by atoms with Crippen molar-refractivity contribution < 1.29 is 0 Å². The summed E-state index contributed by atoms with van der Waals surface area (Å²) in [6.45, 7) is 2.12. The lowest BCUT2D eigenvalue weighted by Crippen LogP contribution is -2.01. The Hall–Kier alpha value is -2.01. The lowest BCUT2D eigenvalue weighted by molar-refractivity contribution is 0.831. The first-order valence-electron chi connectivity index (χ1n) is 6.90. The van der Waals surface area contributed by atoms with Gasteiger partial charge in [0, 0.05) is 24.1 Å². The van der Waals surface area contributed by atoms with E-state index in [1.165, 1.54) is 0 Å². The Kier molecular flexibility index (Phi) is 4.10. The van der Waals surface area contributed by atoms with E-state index in [9.17, 15) is 0 Å². The standard InChI is InChI=1S/C16H15BrN4/c1-2-5-14-20-13(17)10-15(21-14)19-12-8-3-6-11-7-4-9-18-16(11)12/h3-4,6-10H,2,5H2,1H3,(H,19,20,21). The van der Waals surface area contributed by atoms with Crippen molar-refractivity contribution in [1.29, 1.82) is 0 Å². The SMILES string of the molecule is CCCc1nc(Br)cc(Nc2cccc3cccnc23)n1. The molecular formula is C16H15BrN4. The normalized spacial score (nSPS) is 10.8. The Morgan fingerprint density at radius 2 is 2.00 bits per heavy atom. The molecule has 0 radical (unpaired) electrons. The summed E-state index contributed by atoms with van der Waals surface area (Å²) in [6.07, 6.45) is 3.68. The van der Waals surface area contributed by atoms with Gasteiger partial charge < -0.3 is 5.32 Å². The number of para-hydroxylation sites is 1. The number of aromatic nitrogens is 3. The molecule has 3 rings (SSSR count). The molecule has 0 aliphatic rings. The molecule has 0 bridgehead atoms. The molecule has 2 heterocycles. The van der Waals surface area contributed by atoms with Gasteiger partial charge in [0.05, 0.1) is 11.2 Å². The molecule has 0 saturated heterocycles. The van der Waals surface area contributed by atoms with Crippen LogP contribution in [-0.2, 0) is 6.42 Å². The summed E-state index contributed by atoms with van der Waals surface area (Å²) in [4.78, 5) is 13.4. The van der Waals surface area contributed by atoms with E-state index in [-0.39, 0.29) is 0 Å². The van der Waals surface area contributed by atoms with Crippen molar-refractivity contribution in [3.63, 3.8) is 0 Å². The Morgan fingerprint density at radius 3 is 2.86 bits per heavy atom. The van der Waals surface area contributed by atoms with E-state index in [0.29, 0.717) is 0 Å². The molecule has 0 spiro atoms. The molecular weight excluding hydrogens is 328 g/mol. The third-order valence-corrected chi connectivity index (χ3v) is 3.52. The highest BCUT2D eigenvalue weighted by atomic mass is 79.9. The maximum Gasteiger partial charge on any atom is 0.135 e. The molecule has 0 aliphatic heterocycles. The van der Waals surface area contributed by atoms with Crippen LogP contribution in [0.25, 0.3) is 10.9 Å². The fourth-order valence-corrected chi connectivity index (χ4v) is 2.63. The molecule has 3 aromatic rings. The zero-order chi connectivity index (χ0) is 14.7. The summed E-state index contributed by atoms with van der Waals surface area (Å²) in [5.41, 5.74) is 1.88. The van der Waals surface area contributed by atoms with Crippen LogP contribution in [0, 0.1) is 0 Å². The highest BCUT2D eigenvalue weighted by molar-refractivity contribution is 9.10. The topological polar surface area (TPSA) is 50.7 Å². The fraction of sp³-hybridized carbons (Fsp3) is 0.188. The lowest BCUT2D eigenvalue weighted by atomic mass is 10.2. The highest BCUT2D eigenvalue weighted by Gasteiger charge is 2.06. The Morgan fingerprint density at radius 1 is 1.14 bits per heavy atom. The Labute approximate surface area is 131 Å². The van der Waals surface area contributed by atoms with Gasteiger partial charge in [0.25, 0.3) is 0 Å². The molecule has 0 atom stereocenters. The van der Waals surface area contributed by atoms with E-state index >= 15 is 0 Å². The summed E-state index contributed by atoms with van der Waals surface area (Å²) in [5.74, 6) is 1.61. The molecule has 0 unspecified atom stereocenters. The van der Waals surface area contributed by atoms with Crippen LogP contribution >= 0.6 is 15.9 Å². The van der Waals surface area contributed by atoms with Gasteiger partial charge in [-0.15, -0.1) is 0 Å². The average Bonchev–Trinajstić information content (AvgIpc) is 2.47. The van der Waals surface area contributed by atoms with Gasteiger partial charge in [-0.2, -0.15) is 0 Å². The first kappa shape index (κ1) is 13.9. The van der Waals surface area contributed by atoms with Crippen molar-refractivity contribution in [2.24, 2.45) is 0 Å². The summed E-state index contributed by atoms with van der Waals surface area (Å²) in [7, 11) is 0. The zero-order valence-corrected chi connectivity index (χ0v) is 13.3. The third-order valence-electron chi connectivity index (χ3n) is 3.11. The minimum atomic E-state index is 0.776. The number of hydrogen-bond donors (Lipinski definition) is 1. The van der Waals surface area contributed by atoms with Gasteiger partial charge in [-0.25, -0.2) is 9.97 Å². The van der Waals surface area contributed by atoms with Crippen molar-refractivity contribution in [3.05, 3.63) is 53.0 Å². The van der Waals surface area contributed by atoms with Crippen LogP contribution in [0.1, 0.15) is 19.2 Å². The number of nitrogens with one attached hydrogen (secondary N) is 1. The maximum absolute atomic E-state index is 4.55. The number of pyridine rings is 1. The third kappa shape index (κ3) is 3.19. The van der Waals surface area contributed by atoms with Gasteiger partial charge in [0.2, 0.25) is 0 Å². The fourth-order valence-electron chi connectivity index (χ4n) is 2.21. The van der Waals surface area contributed by atoms with Gasteiger partial charge in [-0.05, 0) is 34.5 Å². The predicted octanol–water partition coefficient (Wildman–Crippen LogP) is 4.48. The largest absolute Gasteiger partial charge is 0.338 e. The number of halogens is 1. The minimum Gasteiger partial charge on any atom is -0.338 e. The van der Waals surface area contributed by atoms with E-state index in [2.05, 4.69) is 43.1 Å². The molecule has 0 saturated carbocycles. The van der Waals surface area contributed by atoms with E-state index in [1.807, 2.05) is 36.4 Å². The summed E-state index contributed by atoms with van der Waals surface area (Å²) >= 11 is 3.44. The molecule has 0 fully saturated rings. The number of fused-ring (bicyclic) bond motifs is 1. The Bertz CT molecular complexity index is 768. The van der Waals surface area contributed by atoms with Gasteiger partial charge >= 0.3 is 0 Å². The van der Waals surface area contributed by atoms with Crippen molar-refractivity contribution in [1.82, 2.24) is 15.0 Å². The predicted molar refractivity (Wildman–Crippen MR) is 88.8 cm³/mol. The van der Waals surface area contributed by atoms with Crippen molar-refractivity contribution in [2.75, 3.05) is 5.32 Å². The maximum atomic E-state index is 4.55. The molecule has 0 aliphatic carbocycles. The van der Waals surface area contributed by atoms with Crippen molar-refractivity contribution in [3.8, 4) is 0 Å².